The monoisotopic (exact) mass is 279 g/mol. The molecule has 2 aromatic rings. The van der Waals surface area contributed by atoms with Crippen LogP contribution in [0.4, 0.5) is 6.01 Å². The number of halogens is 1. The molecule has 100 valence electrons. The molecule has 19 heavy (non-hydrogen) atoms. The van der Waals surface area contributed by atoms with Gasteiger partial charge in [0.2, 0.25) is 5.89 Å². The predicted octanol–water partition coefficient (Wildman–Crippen LogP) is 3.31. The Labute approximate surface area is 115 Å². The molecular formula is C13H14ClN3O2. The molecule has 1 aliphatic rings. The van der Waals surface area contributed by atoms with Crippen LogP contribution in [-0.2, 0) is 0 Å². The highest BCUT2D eigenvalue weighted by Gasteiger charge is 2.23. The van der Waals surface area contributed by atoms with E-state index < -0.39 is 0 Å². The van der Waals surface area contributed by atoms with E-state index in [9.17, 15) is 0 Å². The normalized spacial score (nSPS) is 19.4. The molecule has 6 heteroatoms. The van der Waals surface area contributed by atoms with Gasteiger partial charge in [-0.1, -0.05) is 23.3 Å². The lowest BCUT2D eigenvalue weighted by Gasteiger charge is -2.25. The van der Waals surface area contributed by atoms with Crippen molar-refractivity contribution >= 4 is 17.6 Å². The molecule has 2 atom stereocenters. The van der Waals surface area contributed by atoms with Gasteiger partial charge in [0.15, 0.2) is 0 Å². The Hall–Kier alpha value is -1.75. The summed E-state index contributed by atoms with van der Waals surface area (Å²) in [6, 6.07) is 8.45. The van der Waals surface area contributed by atoms with Crippen LogP contribution in [0.2, 0.25) is 0 Å². The molecule has 5 nitrogen and oxygen atoms in total. The molecule has 0 aliphatic carbocycles. The summed E-state index contributed by atoms with van der Waals surface area (Å²) >= 11 is 5.90. The lowest BCUT2D eigenvalue weighted by Crippen LogP contribution is -2.20. The third-order valence-electron chi connectivity index (χ3n) is 3.04. The maximum absolute atomic E-state index is 5.90. The highest BCUT2D eigenvalue weighted by atomic mass is 35.5. The Kier molecular flexibility index (Phi) is 3.29. The van der Waals surface area contributed by atoms with Gasteiger partial charge in [-0.15, -0.1) is 16.7 Å². The van der Waals surface area contributed by atoms with Crippen molar-refractivity contribution in [2.24, 2.45) is 0 Å². The minimum Gasteiger partial charge on any atom is -0.493 e. The topological polar surface area (TPSA) is 60.2 Å². The van der Waals surface area contributed by atoms with Gasteiger partial charge in [0.05, 0.1) is 12.6 Å². The average Bonchev–Trinajstić information content (AvgIpc) is 2.88. The number of benzene rings is 1. The van der Waals surface area contributed by atoms with Crippen molar-refractivity contribution in [3.63, 3.8) is 0 Å². The first-order valence-corrected chi connectivity index (χ1v) is 6.63. The molecule has 3 rings (SSSR count). The van der Waals surface area contributed by atoms with E-state index in [-0.39, 0.29) is 11.4 Å². The van der Waals surface area contributed by atoms with Crippen LogP contribution < -0.4 is 10.1 Å². The number of alkyl halides is 1. The third-order valence-corrected chi connectivity index (χ3v) is 3.22. The second kappa shape index (κ2) is 5.09. The second-order valence-electron chi connectivity index (χ2n) is 4.43. The number of rotatable bonds is 3. The molecule has 2 heterocycles. The van der Waals surface area contributed by atoms with Gasteiger partial charge in [-0.2, -0.15) is 0 Å². The van der Waals surface area contributed by atoms with E-state index in [1.165, 1.54) is 0 Å². The fourth-order valence-corrected chi connectivity index (χ4v) is 2.18. The number of nitrogens with zero attached hydrogens (tertiary/aromatic N) is 2. The smallest absolute Gasteiger partial charge is 0.316 e. The molecule has 1 aromatic heterocycles. The highest BCUT2D eigenvalue weighted by Crippen LogP contribution is 2.34. The molecule has 0 radical (unpaired) electrons. The highest BCUT2D eigenvalue weighted by molar-refractivity contribution is 6.20. The summed E-state index contributed by atoms with van der Waals surface area (Å²) in [6.07, 6.45) is 0.852. The Balaban J connectivity index is 1.80. The Bertz CT molecular complexity index is 571. The molecule has 1 aromatic carbocycles. The van der Waals surface area contributed by atoms with Crippen LogP contribution in [0, 0.1) is 0 Å². The van der Waals surface area contributed by atoms with Gasteiger partial charge < -0.3 is 14.5 Å². The molecule has 0 saturated heterocycles. The van der Waals surface area contributed by atoms with Crippen molar-refractivity contribution in [3.05, 3.63) is 35.7 Å². The summed E-state index contributed by atoms with van der Waals surface area (Å²) < 4.78 is 11.1. The van der Waals surface area contributed by atoms with E-state index in [4.69, 9.17) is 20.8 Å². The number of para-hydroxylation sites is 1. The maximum Gasteiger partial charge on any atom is 0.316 e. The second-order valence-corrected chi connectivity index (χ2v) is 5.09. The van der Waals surface area contributed by atoms with Crippen molar-refractivity contribution in [2.75, 3.05) is 11.9 Å². The number of anilines is 1. The summed E-state index contributed by atoms with van der Waals surface area (Å²) in [6.45, 7) is 2.46. The summed E-state index contributed by atoms with van der Waals surface area (Å²) in [5.41, 5.74) is 1.10. The molecular weight excluding hydrogens is 266 g/mol. The fourth-order valence-electron chi connectivity index (χ4n) is 2.09. The van der Waals surface area contributed by atoms with Gasteiger partial charge in [0, 0.05) is 12.0 Å². The van der Waals surface area contributed by atoms with E-state index in [2.05, 4.69) is 15.5 Å². The first-order valence-electron chi connectivity index (χ1n) is 6.20. The van der Waals surface area contributed by atoms with Gasteiger partial charge >= 0.3 is 6.01 Å². The fraction of sp³-hybridized carbons (Fsp3) is 0.385. The zero-order valence-electron chi connectivity index (χ0n) is 10.5. The Morgan fingerprint density at radius 1 is 1.37 bits per heavy atom. The molecule has 1 aliphatic heterocycles. The molecule has 0 fully saturated rings. The van der Waals surface area contributed by atoms with Gasteiger partial charge in [-0.3, -0.25) is 0 Å². The van der Waals surface area contributed by atoms with Crippen molar-refractivity contribution in [3.8, 4) is 5.75 Å². The van der Waals surface area contributed by atoms with Gasteiger partial charge in [-0.25, -0.2) is 0 Å². The first-order chi connectivity index (χ1) is 9.24. The SMILES string of the molecule is CC(Cl)c1nnc(NC2CCOc3ccccc32)o1. The molecule has 1 N–H and O–H groups in total. The van der Waals surface area contributed by atoms with Crippen LogP contribution in [0.3, 0.4) is 0 Å². The number of aromatic nitrogens is 2. The largest absolute Gasteiger partial charge is 0.493 e. The zero-order chi connectivity index (χ0) is 13.2. The van der Waals surface area contributed by atoms with Gasteiger partial charge in [0.25, 0.3) is 0 Å². The number of hydrogen-bond acceptors (Lipinski definition) is 5. The van der Waals surface area contributed by atoms with Crippen molar-refractivity contribution in [2.45, 2.75) is 24.8 Å². The lowest BCUT2D eigenvalue weighted by molar-refractivity contribution is 0.273. The summed E-state index contributed by atoms with van der Waals surface area (Å²) in [7, 11) is 0. The van der Waals surface area contributed by atoms with Crippen LogP contribution >= 0.6 is 11.6 Å². The summed E-state index contributed by atoms with van der Waals surface area (Å²) in [4.78, 5) is 0. The molecule has 0 bridgehead atoms. The van der Waals surface area contributed by atoms with Gasteiger partial charge in [-0.05, 0) is 13.0 Å². The minimum absolute atomic E-state index is 0.115. The molecule has 0 spiro atoms. The number of fused-ring (bicyclic) bond motifs is 1. The molecule has 0 amide bonds. The standard InChI is InChI=1S/C13H14ClN3O2/c1-8(14)12-16-17-13(19-12)15-10-6-7-18-11-5-3-2-4-9(10)11/h2-5,8,10H,6-7H2,1H3,(H,15,17). The van der Waals surface area contributed by atoms with Crippen LogP contribution in [0.5, 0.6) is 5.75 Å². The van der Waals surface area contributed by atoms with E-state index in [0.717, 1.165) is 17.7 Å². The Morgan fingerprint density at radius 2 is 2.21 bits per heavy atom. The van der Waals surface area contributed by atoms with Crippen LogP contribution in [0.15, 0.2) is 28.7 Å². The average molecular weight is 280 g/mol. The van der Waals surface area contributed by atoms with Crippen molar-refractivity contribution in [1.29, 1.82) is 0 Å². The van der Waals surface area contributed by atoms with E-state index >= 15 is 0 Å². The third kappa shape index (κ3) is 2.51. The van der Waals surface area contributed by atoms with Crippen LogP contribution in [0.1, 0.15) is 36.2 Å². The quantitative estimate of drug-likeness (QED) is 0.874. The summed E-state index contributed by atoms with van der Waals surface area (Å²) in [5, 5.41) is 10.8. The van der Waals surface area contributed by atoms with Gasteiger partial charge in [0.1, 0.15) is 11.1 Å². The summed E-state index contributed by atoms with van der Waals surface area (Å²) in [5.74, 6) is 1.32. The van der Waals surface area contributed by atoms with Crippen molar-refractivity contribution < 1.29 is 9.15 Å². The zero-order valence-corrected chi connectivity index (χ0v) is 11.2. The lowest BCUT2D eigenvalue weighted by atomic mass is 10.0. The number of hydrogen-bond donors (Lipinski definition) is 1. The molecule has 2 unspecified atom stereocenters. The number of ether oxygens (including phenoxy) is 1. The number of nitrogens with one attached hydrogen (secondary N) is 1. The van der Waals surface area contributed by atoms with Crippen molar-refractivity contribution in [1.82, 2.24) is 10.2 Å². The molecule has 0 saturated carbocycles. The van der Waals surface area contributed by atoms with E-state index in [0.29, 0.717) is 18.5 Å². The predicted molar refractivity (Wildman–Crippen MR) is 71.5 cm³/mol. The van der Waals surface area contributed by atoms with Crippen LogP contribution in [-0.4, -0.2) is 16.8 Å². The van der Waals surface area contributed by atoms with E-state index in [1.807, 2.05) is 24.3 Å². The van der Waals surface area contributed by atoms with Crippen LogP contribution in [0.25, 0.3) is 0 Å². The Morgan fingerprint density at radius 3 is 3.00 bits per heavy atom. The minimum atomic E-state index is -0.287. The first kappa shape index (κ1) is 12.3. The maximum atomic E-state index is 5.90. The van der Waals surface area contributed by atoms with E-state index in [1.54, 1.807) is 6.92 Å².